The van der Waals surface area contributed by atoms with Crippen molar-refractivity contribution in [1.82, 2.24) is 4.90 Å². The first-order valence-corrected chi connectivity index (χ1v) is 8.52. The average molecular weight is 354 g/mol. The van der Waals surface area contributed by atoms with Gasteiger partial charge in [-0.25, -0.2) is 13.2 Å². The number of urea groups is 1. The zero-order valence-corrected chi connectivity index (χ0v) is 14.1. The minimum atomic E-state index is -3.87. The van der Waals surface area contributed by atoms with E-state index in [0.29, 0.717) is 5.69 Å². The predicted octanol–water partition coefficient (Wildman–Crippen LogP) is 3.23. The van der Waals surface area contributed by atoms with Crippen LogP contribution in [0.2, 0.25) is 5.02 Å². The molecule has 2 rings (SSSR count). The summed E-state index contributed by atoms with van der Waals surface area (Å²) in [5, 5.41) is 2.75. The molecule has 8 heteroatoms. The summed E-state index contributed by atoms with van der Waals surface area (Å²) in [5.74, 6) is 0. The van der Waals surface area contributed by atoms with E-state index in [4.69, 9.17) is 11.6 Å². The van der Waals surface area contributed by atoms with Crippen LogP contribution in [-0.4, -0.2) is 33.4 Å². The van der Waals surface area contributed by atoms with E-state index in [1.165, 1.54) is 17.0 Å². The molecule has 23 heavy (non-hydrogen) atoms. The van der Waals surface area contributed by atoms with Gasteiger partial charge in [0, 0.05) is 14.1 Å². The molecule has 6 nitrogen and oxygen atoms in total. The minimum Gasteiger partial charge on any atom is -0.331 e. The number of hydrogen-bond donors (Lipinski definition) is 2. The Balaban J connectivity index is 2.34. The lowest BCUT2D eigenvalue weighted by molar-refractivity contribution is 0.230. The Morgan fingerprint density at radius 3 is 2.17 bits per heavy atom. The molecular weight excluding hydrogens is 338 g/mol. The van der Waals surface area contributed by atoms with Crippen LogP contribution in [0.15, 0.2) is 53.4 Å². The van der Waals surface area contributed by atoms with Gasteiger partial charge >= 0.3 is 6.03 Å². The van der Waals surface area contributed by atoms with Crippen molar-refractivity contribution in [3.63, 3.8) is 0 Å². The summed E-state index contributed by atoms with van der Waals surface area (Å²) >= 11 is 5.95. The number of benzene rings is 2. The van der Waals surface area contributed by atoms with Crippen molar-refractivity contribution in [2.75, 3.05) is 24.1 Å². The number of para-hydroxylation sites is 2. The smallest absolute Gasteiger partial charge is 0.321 e. The zero-order chi connectivity index (χ0) is 17.0. The van der Waals surface area contributed by atoms with Crippen molar-refractivity contribution in [2.45, 2.75) is 4.90 Å². The number of hydrogen-bond acceptors (Lipinski definition) is 3. The van der Waals surface area contributed by atoms with Crippen molar-refractivity contribution in [3.8, 4) is 0 Å². The van der Waals surface area contributed by atoms with Gasteiger partial charge in [0.1, 0.15) is 4.90 Å². The third kappa shape index (κ3) is 4.14. The second-order valence-corrected chi connectivity index (χ2v) is 6.96. The van der Waals surface area contributed by atoms with Crippen LogP contribution >= 0.6 is 11.6 Å². The van der Waals surface area contributed by atoms with Gasteiger partial charge in [-0.3, -0.25) is 4.72 Å². The highest BCUT2D eigenvalue weighted by Gasteiger charge is 2.19. The lowest BCUT2D eigenvalue weighted by Crippen LogP contribution is -2.28. The topological polar surface area (TPSA) is 78.5 Å². The normalized spacial score (nSPS) is 10.9. The number of nitrogens with one attached hydrogen (secondary N) is 2. The second-order valence-electron chi connectivity index (χ2n) is 4.91. The maximum absolute atomic E-state index is 12.5. The molecule has 2 aromatic carbocycles. The molecule has 0 aromatic heterocycles. The number of rotatable bonds is 4. The van der Waals surface area contributed by atoms with E-state index in [0.717, 1.165) is 0 Å². The summed E-state index contributed by atoms with van der Waals surface area (Å²) in [6, 6.07) is 12.3. The SMILES string of the molecule is CN(C)C(=O)Nc1ccccc1NS(=O)(=O)c1ccccc1Cl. The van der Waals surface area contributed by atoms with Gasteiger partial charge in [-0.2, -0.15) is 0 Å². The molecule has 2 aromatic rings. The molecule has 0 aliphatic rings. The molecule has 122 valence electrons. The van der Waals surface area contributed by atoms with E-state index in [1.807, 2.05) is 0 Å². The first kappa shape index (κ1) is 17.1. The standard InChI is InChI=1S/C15H16ClN3O3S/c1-19(2)15(20)17-12-8-4-5-9-13(12)18-23(21,22)14-10-6-3-7-11(14)16/h3-10,18H,1-2H3,(H,17,20). The Morgan fingerprint density at radius 2 is 1.57 bits per heavy atom. The summed E-state index contributed by atoms with van der Waals surface area (Å²) in [6.45, 7) is 0. The van der Waals surface area contributed by atoms with Crippen molar-refractivity contribution in [2.24, 2.45) is 0 Å². The molecule has 0 aliphatic heterocycles. The number of anilines is 2. The van der Waals surface area contributed by atoms with E-state index in [2.05, 4.69) is 10.0 Å². The quantitative estimate of drug-likeness (QED) is 0.885. The molecule has 0 radical (unpaired) electrons. The van der Waals surface area contributed by atoms with Crippen molar-refractivity contribution < 1.29 is 13.2 Å². The van der Waals surface area contributed by atoms with Gasteiger partial charge in [-0.1, -0.05) is 35.9 Å². The number of carbonyl (C=O) groups is 1. The van der Waals surface area contributed by atoms with E-state index in [9.17, 15) is 13.2 Å². The van der Waals surface area contributed by atoms with Crippen LogP contribution in [-0.2, 0) is 10.0 Å². The molecule has 0 saturated carbocycles. The number of halogens is 1. The molecular formula is C15H16ClN3O3S. The minimum absolute atomic E-state index is 0.0320. The van der Waals surface area contributed by atoms with Crippen LogP contribution in [0.4, 0.5) is 16.2 Å². The summed E-state index contributed by atoms with van der Waals surface area (Å²) in [7, 11) is -0.691. The Labute approximate surface area is 140 Å². The zero-order valence-electron chi connectivity index (χ0n) is 12.6. The van der Waals surface area contributed by atoms with Crippen LogP contribution in [0.25, 0.3) is 0 Å². The highest BCUT2D eigenvalue weighted by atomic mass is 35.5. The van der Waals surface area contributed by atoms with Crippen molar-refractivity contribution in [3.05, 3.63) is 53.6 Å². The van der Waals surface area contributed by atoms with Gasteiger partial charge in [-0.05, 0) is 24.3 Å². The monoisotopic (exact) mass is 353 g/mol. The Bertz CT molecular complexity index is 822. The number of nitrogens with zero attached hydrogens (tertiary/aromatic N) is 1. The van der Waals surface area contributed by atoms with Crippen LogP contribution < -0.4 is 10.0 Å². The second kappa shape index (κ2) is 6.89. The van der Waals surface area contributed by atoms with Gasteiger partial charge in [0.2, 0.25) is 0 Å². The summed E-state index contributed by atoms with van der Waals surface area (Å²) in [4.78, 5) is 13.1. The van der Waals surface area contributed by atoms with Gasteiger partial charge in [-0.15, -0.1) is 0 Å². The maximum Gasteiger partial charge on any atom is 0.321 e. The fraction of sp³-hybridized carbons (Fsp3) is 0.133. The highest BCUT2D eigenvalue weighted by molar-refractivity contribution is 7.92. The fourth-order valence-electron chi connectivity index (χ4n) is 1.77. The number of amides is 2. The van der Waals surface area contributed by atoms with E-state index in [1.54, 1.807) is 50.5 Å². The molecule has 0 aliphatic carbocycles. The Kier molecular flexibility index (Phi) is 5.12. The first-order valence-electron chi connectivity index (χ1n) is 6.66. The molecule has 0 heterocycles. The van der Waals surface area contributed by atoms with Gasteiger partial charge in [0.15, 0.2) is 0 Å². The summed E-state index contributed by atoms with van der Waals surface area (Å²) in [5.41, 5.74) is 0.601. The molecule has 0 unspecified atom stereocenters. The molecule has 2 N–H and O–H groups in total. The molecule has 0 bridgehead atoms. The molecule has 2 amide bonds. The van der Waals surface area contributed by atoms with Crippen LogP contribution in [0.1, 0.15) is 0 Å². The Hall–Kier alpha value is -2.25. The van der Waals surface area contributed by atoms with Crippen LogP contribution in [0.3, 0.4) is 0 Å². The number of sulfonamides is 1. The highest BCUT2D eigenvalue weighted by Crippen LogP contribution is 2.27. The van der Waals surface area contributed by atoms with Crippen molar-refractivity contribution in [1.29, 1.82) is 0 Å². The van der Waals surface area contributed by atoms with Gasteiger partial charge in [0.25, 0.3) is 10.0 Å². The van der Waals surface area contributed by atoms with Gasteiger partial charge < -0.3 is 10.2 Å². The van der Waals surface area contributed by atoms with Crippen molar-refractivity contribution >= 4 is 39.0 Å². The summed E-state index contributed by atoms with van der Waals surface area (Å²) in [6.07, 6.45) is 0. The number of carbonyl (C=O) groups excluding carboxylic acids is 1. The fourth-order valence-corrected chi connectivity index (χ4v) is 3.37. The van der Waals surface area contributed by atoms with Crippen LogP contribution in [0, 0.1) is 0 Å². The van der Waals surface area contributed by atoms with E-state index < -0.39 is 10.0 Å². The van der Waals surface area contributed by atoms with Crippen LogP contribution in [0.5, 0.6) is 0 Å². The molecule has 0 fully saturated rings. The lowest BCUT2D eigenvalue weighted by atomic mass is 10.3. The first-order chi connectivity index (χ1) is 10.8. The lowest BCUT2D eigenvalue weighted by Gasteiger charge is -2.16. The van der Waals surface area contributed by atoms with E-state index in [-0.39, 0.29) is 21.6 Å². The van der Waals surface area contributed by atoms with E-state index >= 15 is 0 Å². The summed E-state index contributed by atoms with van der Waals surface area (Å²) < 4.78 is 27.4. The predicted molar refractivity (Wildman–Crippen MR) is 91.4 cm³/mol. The maximum atomic E-state index is 12.5. The average Bonchev–Trinajstić information content (AvgIpc) is 2.49. The molecule has 0 saturated heterocycles. The Morgan fingerprint density at radius 1 is 1.00 bits per heavy atom. The third-order valence-electron chi connectivity index (χ3n) is 2.95. The third-order valence-corrected chi connectivity index (χ3v) is 4.81. The largest absolute Gasteiger partial charge is 0.331 e. The molecule has 0 atom stereocenters. The molecule has 0 spiro atoms. The van der Waals surface area contributed by atoms with Gasteiger partial charge in [0.05, 0.1) is 16.4 Å².